The smallest absolute Gasteiger partial charge is 0.228 e. The van der Waals surface area contributed by atoms with Crippen molar-refractivity contribution in [3.63, 3.8) is 0 Å². The van der Waals surface area contributed by atoms with Gasteiger partial charge in [-0.25, -0.2) is 14.5 Å². The monoisotopic (exact) mass is 346 g/mol. The number of carbonyl (C=O) groups is 1. The highest BCUT2D eigenvalue weighted by molar-refractivity contribution is 6.00. The van der Waals surface area contributed by atoms with Crippen LogP contribution < -0.4 is 4.74 Å². The number of carbonyl (C=O) groups excluding carboxylic acids is 1. The van der Waals surface area contributed by atoms with E-state index in [2.05, 4.69) is 28.9 Å². The van der Waals surface area contributed by atoms with E-state index in [1.165, 1.54) is 6.33 Å². The van der Waals surface area contributed by atoms with Crippen LogP contribution in [0.1, 0.15) is 43.7 Å². The Morgan fingerprint density at radius 2 is 1.96 bits per heavy atom. The van der Waals surface area contributed by atoms with Crippen LogP contribution in [-0.2, 0) is 4.79 Å². The van der Waals surface area contributed by atoms with Crippen LogP contribution in [0.5, 0.6) is 5.88 Å². The van der Waals surface area contributed by atoms with Gasteiger partial charge < -0.3 is 4.74 Å². The van der Waals surface area contributed by atoms with Gasteiger partial charge in [0.05, 0.1) is 5.56 Å². The number of hydrogen-bond acceptors (Lipinski definition) is 5. The van der Waals surface area contributed by atoms with E-state index in [0.717, 1.165) is 28.9 Å². The van der Waals surface area contributed by atoms with Gasteiger partial charge in [-0.3, -0.25) is 4.79 Å². The van der Waals surface area contributed by atoms with Crippen molar-refractivity contribution in [1.82, 2.24) is 19.6 Å². The lowest BCUT2D eigenvalue weighted by atomic mass is 9.70. The van der Waals surface area contributed by atoms with Crippen LogP contribution in [0.25, 0.3) is 5.65 Å². The van der Waals surface area contributed by atoms with Crippen LogP contribution in [-0.4, -0.2) is 25.4 Å². The van der Waals surface area contributed by atoms with Crippen LogP contribution in [0.4, 0.5) is 0 Å². The van der Waals surface area contributed by atoms with Crippen molar-refractivity contribution >= 4 is 11.4 Å². The van der Waals surface area contributed by atoms with Crippen molar-refractivity contribution in [2.75, 3.05) is 0 Å². The van der Waals surface area contributed by atoms with Crippen molar-refractivity contribution in [2.24, 2.45) is 5.41 Å². The molecule has 6 heteroatoms. The van der Waals surface area contributed by atoms with Gasteiger partial charge in [-0.05, 0) is 11.0 Å². The Bertz CT molecular complexity index is 1070. The second-order valence-electron chi connectivity index (χ2n) is 7.72. The number of nitrogens with zero attached hydrogens (tertiary/aromatic N) is 4. The number of aromatic nitrogens is 4. The average molecular weight is 346 g/mol. The fraction of sp³-hybridized carbons (Fsp3) is 0.300. The van der Waals surface area contributed by atoms with Crippen molar-refractivity contribution in [3.05, 3.63) is 65.4 Å². The Balaban J connectivity index is 1.81. The summed E-state index contributed by atoms with van der Waals surface area (Å²) in [6, 6.07) is 10.0. The zero-order valence-electron chi connectivity index (χ0n) is 14.6. The Morgan fingerprint density at radius 1 is 1.15 bits per heavy atom. The molecule has 0 bridgehead atoms. The lowest BCUT2D eigenvalue weighted by Gasteiger charge is -2.37. The summed E-state index contributed by atoms with van der Waals surface area (Å²) in [4.78, 5) is 22.0. The molecule has 1 atom stereocenters. The third kappa shape index (κ3) is 2.18. The number of fused-ring (bicyclic) bond motifs is 3. The Hall–Kier alpha value is -3.02. The molecule has 5 rings (SSSR count). The summed E-state index contributed by atoms with van der Waals surface area (Å²) in [6.45, 7) is 4.19. The van der Waals surface area contributed by atoms with Gasteiger partial charge in [-0.15, -0.1) is 0 Å². The minimum Gasteiger partial charge on any atom is -0.442 e. The summed E-state index contributed by atoms with van der Waals surface area (Å²) in [5.74, 6) is 1.16. The molecule has 26 heavy (non-hydrogen) atoms. The van der Waals surface area contributed by atoms with Gasteiger partial charge >= 0.3 is 0 Å². The molecule has 1 aromatic carbocycles. The maximum Gasteiger partial charge on any atom is 0.228 e. The third-order valence-electron chi connectivity index (χ3n) is 5.14. The third-order valence-corrected chi connectivity index (χ3v) is 5.14. The number of benzene rings is 1. The highest BCUT2D eigenvalue weighted by Gasteiger charge is 2.43. The van der Waals surface area contributed by atoms with E-state index in [1.807, 2.05) is 30.3 Å². The molecular weight excluding hydrogens is 328 g/mol. The normalized spacial score (nSPS) is 21.3. The molecule has 0 saturated heterocycles. The van der Waals surface area contributed by atoms with Gasteiger partial charge in [0.15, 0.2) is 11.4 Å². The fourth-order valence-electron chi connectivity index (χ4n) is 4.06. The van der Waals surface area contributed by atoms with E-state index in [1.54, 1.807) is 10.8 Å². The van der Waals surface area contributed by atoms with Crippen molar-refractivity contribution < 1.29 is 9.53 Å². The molecule has 0 fully saturated rings. The number of ether oxygens (including phenoxy) is 1. The van der Waals surface area contributed by atoms with Crippen LogP contribution in [0, 0.1) is 5.41 Å². The van der Waals surface area contributed by atoms with Gasteiger partial charge in [-0.1, -0.05) is 44.2 Å². The van der Waals surface area contributed by atoms with E-state index in [9.17, 15) is 4.79 Å². The second kappa shape index (κ2) is 5.24. The number of allylic oxidation sites excluding steroid dienone is 2. The predicted octanol–water partition coefficient (Wildman–Crippen LogP) is 3.29. The van der Waals surface area contributed by atoms with Crippen molar-refractivity contribution in [1.29, 1.82) is 0 Å². The summed E-state index contributed by atoms with van der Waals surface area (Å²) < 4.78 is 7.76. The van der Waals surface area contributed by atoms with E-state index in [4.69, 9.17) is 4.74 Å². The summed E-state index contributed by atoms with van der Waals surface area (Å²) in [5.41, 5.74) is 3.14. The second-order valence-corrected chi connectivity index (χ2v) is 7.72. The largest absolute Gasteiger partial charge is 0.442 e. The molecule has 0 saturated carbocycles. The minimum atomic E-state index is -0.237. The van der Waals surface area contributed by atoms with Crippen molar-refractivity contribution in [3.8, 4) is 5.88 Å². The van der Waals surface area contributed by atoms with Gasteiger partial charge in [-0.2, -0.15) is 5.10 Å². The molecule has 130 valence electrons. The molecule has 0 radical (unpaired) electrons. The van der Waals surface area contributed by atoms with Gasteiger partial charge in [0.25, 0.3) is 0 Å². The topological polar surface area (TPSA) is 69.4 Å². The molecule has 1 aliphatic carbocycles. The van der Waals surface area contributed by atoms with Gasteiger partial charge in [0.2, 0.25) is 5.88 Å². The molecule has 3 heterocycles. The maximum atomic E-state index is 13.1. The average Bonchev–Trinajstić information content (AvgIpc) is 3.08. The van der Waals surface area contributed by atoms with E-state index in [0.29, 0.717) is 17.9 Å². The fourth-order valence-corrected chi connectivity index (χ4v) is 4.06. The van der Waals surface area contributed by atoms with Gasteiger partial charge in [0, 0.05) is 24.3 Å². The number of rotatable bonds is 1. The molecule has 0 spiro atoms. The summed E-state index contributed by atoms with van der Waals surface area (Å²) in [6.07, 6.45) is 4.33. The zero-order valence-corrected chi connectivity index (χ0v) is 14.6. The summed E-state index contributed by atoms with van der Waals surface area (Å²) in [5, 5.41) is 4.19. The number of ketones is 1. The molecule has 3 aromatic rings. The van der Waals surface area contributed by atoms with Crippen molar-refractivity contribution in [2.45, 2.75) is 32.6 Å². The molecule has 0 amide bonds. The first kappa shape index (κ1) is 15.3. The Labute approximate surface area is 150 Å². The molecular formula is C20H18N4O2. The zero-order chi connectivity index (χ0) is 17.9. The first-order valence-corrected chi connectivity index (χ1v) is 8.71. The van der Waals surface area contributed by atoms with Crippen LogP contribution >= 0.6 is 0 Å². The summed E-state index contributed by atoms with van der Waals surface area (Å²) >= 11 is 0. The van der Waals surface area contributed by atoms with Crippen LogP contribution in [0.2, 0.25) is 0 Å². The lowest BCUT2D eigenvalue weighted by molar-refractivity contribution is -0.118. The van der Waals surface area contributed by atoms with E-state index >= 15 is 0 Å². The van der Waals surface area contributed by atoms with E-state index < -0.39 is 0 Å². The standard InChI is InChI=1S/C20H18N4O2/c1-20(2)8-13(25)16-14(9-20)26-19-17(15(16)12-6-4-3-5-7-12)18-21-10-23-24(18)11-22-19/h3-7,10-11,15H,8-9H2,1-2H3. The SMILES string of the molecule is CC1(C)CC(=O)C2=C(C1)Oc1ncn3ncnc3c1C2c1ccccc1. The first-order chi connectivity index (χ1) is 12.5. The Kier molecular flexibility index (Phi) is 3.07. The number of hydrogen-bond donors (Lipinski definition) is 0. The molecule has 1 aliphatic heterocycles. The van der Waals surface area contributed by atoms with E-state index in [-0.39, 0.29) is 17.1 Å². The molecule has 0 N–H and O–H groups in total. The lowest BCUT2D eigenvalue weighted by Crippen LogP contribution is -2.33. The Morgan fingerprint density at radius 3 is 2.77 bits per heavy atom. The molecule has 1 unspecified atom stereocenters. The van der Waals surface area contributed by atoms with Crippen LogP contribution in [0.3, 0.4) is 0 Å². The first-order valence-electron chi connectivity index (χ1n) is 8.71. The van der Waals surface area contributed by atoms with Gasteiger partial charge in [0.1, 0.15) is 18.4 Å². The highest BCUT2D eigenvalue weighted by atomic mass is 16.5. The molecule has 2 aromatic heterocycles. The minimum absolute atomic E-state index is 0.117. The number of Topliss-reactive ketones (excluding diaryl/α,β-unsaturated/α-hetero) is 1. The predicted molar refractivity (Wildman–Crippen MR) is 94.7 cm³/mol. The molecule has 6 nitrogen and oxygen atoms in total. The van der Waals surface area contributed by atoms with Crippen LogP contribution in [0.15, 0.2) is 54.3 Å². The maximum absolute atomic E-state index is 13.1. The highest BCUT2D eigenvalue weighted by Crippen LogP contribution is 2.50. The summed E-state index contributed by atoms with van der Waals surface area (Å²) in [7, 11) is 0. The quantitative estimate of drug-likeness (QED) is 0.676. The molecule has 2 aliphatic rings.